The van der Waals surface area contributed by atoms with Crippen LogP contribution in [0.1, 0.15) is 12.8 Å². The zero-order chi connectivity index (χ0) is 7.94. The van der Waals surface area contributed by atoms with Gasteiger partial charge in [-0.05, 0) is 39.5 Å². The summed E-state index contributed by atoms with van der Waals surface area (Å²) in [7, 11) is 2.00. The van der Waals surface area contributed by atoms with Gasteiger partial charge in [0.05, 0.1) is 0 Å². The Morgan fingerprint density at radius 1 is 1.45 bits per heavy atom. The Kier molecular flexibility index (Phi) is 4.50. The minimum atomic E-state index is 0.729. The summed E-state index contributed by atoms with van der Waals surface area (Å²) in [4.78, 5) is 0. The Balaban J connectivity index is 1.86. The molecule has 0 aliphatic carbocycles. The lowest BCUT2D eigenvalue weighted by Gasteiger charge is -2.09. The highest BCUT2D eigenvalue weighted by Crippen LogP contribution is 1.95. The summed E-state index contributed by atoms with van der Waals surface area (Å²) in [6, 6.07) is 0.729. The first kappa shape index (κ1) is 8.97. The third kappa shape index (κ3) is 3.70. The molecule has 1 rings (SSSR count). The maximum Gasteiger partial charge on any atom is 0.0204 e. The SMILES string of the molecule is CNCCCNC1CCNC1. The zero-order valence-corrected chi connectivity index (χ0v) is 7.32. The summed E-state index contributed by atoms with van der Waals surface area (Å²) in [5, 5.41) is 9.99. The number of nitrogens with one attached hydrogen (secondary N) is 3. The summed E-state index contributed by atoms with van der Waals surface area (Å²) in [6.07, 6.45) is 2.52. The highest BCUT2D eigenvalue weighted by atomic mass is 15.0. The predicted molar refractivity (Wildman–Crippen MR) is 47.8 cm³/mol. The minimum Gasteiger partial charge on any atom is -0.320 e. The van der Waals surface area contributed by atoms with Crippen LogP contribution < -0.4 is 16.0 Å². The van der Waals surface area contributed by atoms with Gasteiger partial charge in [-0.3, -0.25) is 0 Å². The normalized spacial score (nSPS) is 24.3. The summed E-state index contributed by atoms with van der Waals surface area (Å²) >= 11 is 0. The van der Waals surface area contributed by atoms with E-state index < -0.39 is 0 Å². The van der Waals surface area contributed by atoms with Gasteiger partial charge in [0.1, 0.15) is 0 Å². The highest BCUT2D eigenvalue weighted by Gasteiger charge is 2.11. The fourth-order valence-corrected chi connectivity index (χ4v) is 1.40. The average molecular weight is 157 g/mol. The summed E-state index contributed by atoms with van der Waals surface area (Å²) < 4.78 is 0. The number of rotatable bonds is 5. The molecule has 1 atom stereocenters. The van der Waals surface area contributed by atoms with Crippen molar-refractivity contribution in [3.05, 3.63) is 0 Å². The van der Waals surface area contributed by atoms with Crippen LogP contribution in [0.4, 0.5) is 0 Å². The van der Waals surface area contributed by atoms with Gasteiger partial charge >= 0.3 is 0 Å². The second-order valence-corrected chi connectivity index (χ2v) is 3.10. The van der Waals surface area contributed by atoms with Crippen molar-refractivity contribution in [2.45, 2.75) is 18.9 Å². The molecule has 1 unspecified atom stereocenters. The maximum absolute atomic E-state index is 3.51. The Morgan fingerprint density at radius 3 is 3.00 bits per heavy atom. The van der Waals surface area contributed by atoms with Crippen molar-refractivity contribution < 1.29 is 0 Å². The van der Waals surface area contributed by atoms with Crippen molar-refractivity contribution in [2.24, 2.45) is 0 Å². The van der Waals surface area contributed by atoms with Crippen molar-refractivity contribution in [1.29, 1.82) is 0 Å². The Bertz CT molecular complexity index is 89.3. The topological polar surface area (TPSA) is 36.1 Å². The van der Waals surface area contributed by atoms with E-state index in [2.05, 4.69) is 16.0 Å². The fourth-order valence-electron chi connectivity index (χ4n) is 1.40. The Hall–Kier alpha value is -0.120. The molecule has 1 fully saturated rings. The first-order valence-corrected chi connectivity index (χ1v) is 4.52. The van der Waals surface area contributed by atoms with Crippen LogP contribution in [-0.2, 0) is 0 Å². The van der Waals surface area contributed by atoms with Crippen molar-refractivity contribution in [3.63, 3.8) is 0 Å². The molecule has 3 nitrogen and oxygen atoms in total. The van der Waals surface area contributed by atoms with E-state index in [4.69, 9.17) is 0 Å². The molecule has 1 saturated heterocycles. The van der Waals surface area contributed by atoms with E-state index >= 15 is 0 Å². The third-order valence-corrected chi connectivity index (χ3v) is 2.10. The van der Waals surface area contributed by atoms with Crippen LogP contribution in [0, 0.1) is 0 Å². The van der Waals surface area contributed by atoms with E-state index in [9.17, 15) is 0 Å². The van der Waals surface area contributed by atoms with Gasteiger partial charge in [-0.15, -0.1) is 0 Å². The van der Waals surface area contributed by atoms with Crippen LogP contribution in [0.2, 0.25) is 0 Å². The lowest BCUT2D eigenvalue weighted by Crippen LogP contribution is -2.32. The van der Waals surface area contributed by atoms with Gasteiger partial charge in [0.2, 0.25) is 0 Å². The average Bonchev–Trinajstić information content (AvgIpc) is 2.50. The highest BCUT2D eigenvalue weighted by molar-refractivity contribution is 4.76. The third-order valence-electron chi connectivity index (χ3n) is 2.10. The molecule has 11 heavy (non-hydrogen) atoms. The smallest absolute Gasteiger partial charge is 0.0204 e. The van der Waals surface area contributed by atoms with Crippen molar-refractivity contribution in [2.75, 3.05) is 33.2 Å². The van der Waals surface area contributed by atoms with E-state index in [-0.39, 0.29) is 0 Å². The van der Waals surface area contributed by atoms with Crippen molar-refractivity contribution >= 4 is 0 Å². The lowest BCUT2D eigenvalue weighted by atomic mass is 10.2. The fraction of sp³-hybridized carbons (Fsp3) is 1.00. The van der Waals surface area contributed by atoms with Crippen LogP contribution in [0.25, 0.3) is 0 Å². The maximum atomic E-state index is 3.51. The lowest BCUT2D eigenvalue weighted by molar-refractivity contribution is 0.529. The first-order chi connectivity index (χ1) is 5.43. The van der Waals surface area contributed by atoms with Crippen LogP contribution >= 0.6 is 0 Å². The van der Waals surface area contributed by atoms with E-state index in [1.54, 1.807) is 0 Å². The molecule has 0 aromatic carbocycles. The number of hydrogen-bond acceptors (Lipinski definition) is 3. The molecule has 3 heteroatoms. The molecule has 0 saturated carbocycles. The van der Waals surface area contributed by atoms with Crippen LogP contribution in [-0.4, -0.2) is 39.3 Å². The second-order valence-electron chi connectivity index (χ2n) is 3.10. The second kappa shape index (κ2) is 5.52. The molecule has 0 bridgehead atoms. The molecule has 0 radical (unpaired) electrons. The molecular weight excluding hydrogens is 138 g/mol. The standard InChI is InChI=1S/C8H19N3/c1-9-4-2-5-11-8-3-6-10-7-8/h8-11H,2-7H2,1H3. The summed E-state index contributed by atoms with van der Waals surface area (Å²) in [6.45, 7) is 4.60. The van der Waals surface area contributed by atoms with Gasteiger partial charge in [-0.2, -0.15) is 0 Å². The molecule has 0 aromatic heterocycles. The molecule has 0 amide bonds. The molecule has 1 aliphatic rings. The van der Waals surface area contributed by atoms with Gasteiger partial charge < -0.3 is 16.0 Å². The zero-order valence-electron chi connectivity index (χ0n) is 7.32. The molecule has 0 aromatic rings. The Morgan fingerprint density at radius 2 is 2.36 bits per heavy atom. The molecule has 3 N–H and O–H groups in total. The molecule has 0 spiro atoms. The Labute approximate surface area is 68.9 Å². The van der Waals surface area contributed by atoms with E-state index in [0.717, 1.165) is 25.7 Å². The van der Waals surface area contributed by atoms with E-state index in [0.29, 0.717) is 0 Å². The van der Waals surface area contributed by atoms with Gasteiger partial charge in [0.25, 0.3) is 0 Å². The van der Waals surface area contributed by atoms with Gasteiger partial charge in [0.15, 0.2) is 0 Å². The summed E-state index contributed by atoms with van der Waals surface area (Å²) in [5.41, 5.74) is 0. The predicted octanol–water partition coefficient (Wildman–Crippen LogP) is -0.453. The van der Waals surface area contributed by atoms with Crippen molar-refractivity contribution in [1.82, 2.24) is 16.0 Å². The van der Waals surface area contributed by atoms with Gasteiger partial charge in [-0.25, -0.2) is 0 Å². The molecule has 1 heterocycles. The van der Waals surface area contributed by atoms with E-state index in [1.165, 1.54) is 19.4 Å². The van der Waals surface area contributed by atoms with Crippen molar-refractivity contribution in [3.8, 4) is 0 Å². The van der Waals surface area contributed by atoms with Crippen LogP contribution in [0.3, 0.4) is 0 Å². The van der Waals surface area contributed by atoms with Gasteiger partial charge in [0, 0.05) is 12.6 Å². The molecular formula is C8H19N3. The monoisotopic (exact) mass is 157 g/mol. The minimum absolute atomic E-state index is 0.729. The largest absolute Gasteiger partial charge is 0.320 e. The number of hydrogen-bond donors (Lipinski definition) is 3. The molecule has 1 aliphatic heterocycles. The van der Waals surface area contributed by atoms with Crippen LogP contribution in [0.5, 0.6) is 0 Å². The van der Waals surface area contributed by atoms with Crippen LogP contribution in [0.15, 0.2) is 0 Å². The quantitative estimate of drug-likeness (QED) is 0.473. The summed E-state index contributed by atoms with van der Waals surface area (Å²) in [5.74, 6) is 0. The van der Waals surface area contributed by atoms with Gasteiger partial charge in [-0.1, -0.05) is 0 Å². The van der Waals surface area contributed by atoms with E-state index in [1.807, 2.05) is 7.05 Å². The first-order valence-electron chi connectivity index (χ1n) is 4.52. The molecule has 66 valence electrons.